The van der Waals surface area contributed by atoms with Crippen molar-refractivity contribution < 1.29 is 28.3 Å². The third-order valence-corrected chi connectivity index (χ3v) is 1.69. The second kappa shape index (κ2) is 5.54. The summed E-state index contributed by atoms with van der Waals surface area (Å²) in [5.41, 5.74) is 0. The van der Waals surface area contributed by atoms with Crippen LogP contribution in [-0.4, -0.2) is 55.6 Å². The number of ether oxygens (including phenoxy) is 1. The van der Waals surface area contributed by atoms with E-state index in [-0.39, 0.29) is 17.6 Å². The maximum Gasteiger partial charge on any atom is 0.495 e. The van der Waals surface area contributed by atoms with Crippen molar-refractivity contribution in [3.8, 4) is 0 Å². The molecule has 0 spiro atoms. The van der Waals surface area contributed by atoms with E-state index >= 15 is 0 Å². The number of halogens is 1. The summed E-state index contributed by atoms with van der Waals surface area (Å²) in [5.74, 6) is -0.891. The fraction of sp³-hybridized carbons (Fsp3) is 0.750. The van der Waals surface area contributed by atoms with Gasteiger partial charge in [-0.15, -0.1) is 4.39 Å². The molecule has 0 aromatic rings. The Morgan fingerprint density at radius 3 is 2.43 bits per heavy atom. The van der Waals surface area contributed by atoms with E-state index < -0.39 is 12.2 Å². The van der Waals surface area contributed by atoms with Gasteiger partial charge in [-0.05, 0) is 0 Å². The van der Waals surface area contributed by atoms with E-state index in [1.165, 1.54) is 0 Å². The Bertz CT molecular complexity index is 217. The summed E-state index contributed by atoms with van der Waals surface area (Å²) in [4.78, 5) is 20.2. The van der Waals surface area contributed by atoms with Gasteiger partial charge in [-0.2, -0.15) is 0 Å². The van der Waals surface area contributed by atoms with Gasteiger partial charge in [0.1, 0.15) is 0 Å². The zero-order valence-electron chi connectivity index (χ0n) is 8.33. The summed E-state index contributed by atoms with van der Waals surface area (Å²) < 4.78 is 15.9. The second-order valence-corrected chi connectivity index (χ2v) is 3.65. The number of carbonyl (C=O) groups is 2. The van der Waals surface area contributed by atoms with Crippen LogP contribution in [0.2, 0.25) is 0 Å². The molecule has 0 fully saturated rings. The molecule has 0 atom stereocenters. The van der Waals surface area contributed by atoms with Crippen LogP contribution in [-0.2, 0) is 9.53 Å². The molecule has 14 heavy (non-hydrogen) atoms. The number of carbonyl (C=O) groups excluding carboxylic acids is 1. The van der Waals surface area contributed by atoms with Crippen molar-refractivity contribution in [3.63, 3.8) is 0 Å². The van der Waals surface area contributed by atoms with E-state index in [0.717, 1.165) is 0 Å². The molecule has 0 aliphatic rings. The van der Waals surface area contributed by atoms with E-state index in [4.69, 9.17) is 5.11 Å². The summed E-state index contributed by atoms with van der Waals surface area (Å²) in [7, 11) is 3.48. The Labute approximate surface area is 81.7 Å². The van der Waals surface area contributed by atoms with E-state index in [9.17, 15) is 14.0 Å². The molecule has 6 heteroatoms. The van der Waals surface area contributed by atoms with E-state index in [2.05, 4.69) is 4.74 Å². The average Bonchev–Trinajstić information content (AvgIpc) is 1.95. The van der Waals surface area contributed by atoms with Crippen molar-refractivity contribution in [2.24, 2.45) is 0 Å². The number of hydrogen-bond donors (Lipinski definition) is 1. The zero-order valence-corrected chi connectivity index (χ0v) is 8.33. The van der Waals surface area contributed by atoms with Gasteiger partial charge in [0.2, 0.25) is 0 Å². The lowest BCUT2D eigenvalue weighted by Gasteiger charge is -2.27. The van der Waals surface area contributed by atoms with Gasteiger partial charge in [-0.3, -0.25) is 0 Å². The van der Waals surface area contributed by atoms with Crippen LogP contribution in [0.4, 0.5) is 9.18 Å². The number of rotatable bonds is 6. The molecular formula is C8H15FNO4+. The van der Waals surface area contributed by atoms with Crippen LogP contribution in [0.1, 0.15) is 6.42 Å². The summed E-state index contributed by atoms with van der Waals surface area (Å²) in [5, 5.41) is 8.53. The molecule has 0 amide bonds. The molecule has 0 heterocycles. The van der Waals surface area contributed by atoms with Crippen LogP contribution in [0.5, 0.6) is 0 Å². The highest BCUT2D eigenvalue weighted by Crippen LogP contribution is 1.99. The minimum Gasteiger partial charge on any atom is -0.477 e. The van der Waals surface area contributed by atoms with Crippen LogP contribution >= 0.6 is 0 Å². The maximum atomic E-state index is 11.6. The first-order chi connectivity index (χ1) is 6.33. The molecular weight excluding hydrogens is 193 g/mol. The quantitative estimate of drug-likeness (QED) is 0.395. The predicted molar refractivity (Wildman–Crippen MR) is 46.6 cm³/mol. The number of quaternary nitrogens is 1. The lowest BCUT2D eigenvalue weighted by atomic mass is 10.3. The molecule has 1 N–H and O–H groups in total. The molecule has 5 nitrogen and oxygen atoms in total. The normalized spacial score (nSPS) is 11.1. The molecule has 0 rings (SSSR count). The average molecular weight is 208 g/mol. The van der Waals surface area contributed by atoms with Gasteiger partial charge in [-0.25, -0.2) is 9.59 Å². The van der Waals surface area contributed by atoms with Gasteiger partial charge in [0.15, 0.2) is 6.54 Å². The smallest absolute Gasteiger partial charge is 0.477 e. The van der Waals surface area contributed by atoms with Crippen LogP contribution in [0.3, 0.4) is 0 Å². The van der Waals surface area contributed by atoms with E-state index in [0.29, 0.717) is 13.0 Å². The van der Waals surface area contributed by atoms with Crippen molar-refractivity contribution in [3.05, 3.63) is 0 Å². The first-order valence-corrected chi connectivity index (χ1v) is 4.19. The minimum absolute atomic E-state index is 0.0103. The summed E-state index contributed by atoms with van der Waals surface area (Å²) in [6.07, 6.45) is -1.36. The fourth-order valence-electron chi connectivity index (χ4n) is 1.09. The number of aliphatic carboxylic acids is 1. The molecule has 0 aliphatic carbocycles. The molecule has 0 unspecified atom stereocenters. The second-order valence-electron chi connectivity index (χ2n) is 3.65. The Balaban J connectivity index is 3.65. The lowest BCUT2D eigenvalue weighted by molar-refractivity contribution is -0.883. The molecule has 82 valence electrons. The van der Waals surface area contributed by atoms with Crippen LogP contribution in [0.15, 0.2) is 0 Å². The highest BCUT2D eigenvalue weighted by molar-refractivity contribution is 5.67. The largest absolute Gasteiger partial charge is 0.495 e. The highest BCUT2D eigenvalue weighted by atomic mass is 19.1. The Hall–Kier alpha value is -1.17. The fourth-order valence-corrected chi connectivity index (χ4v) is 1.09. The maximum absolute atomic E-state index is 11.6. The number of carboxylic acids is 1. The molecule has 0 aromatic heterocycles. The Morgan fingerprint density at radius 1 is 1.43 bits per heavy atom. The highest BCUT2D eigenvalue weighted by Gasteiger charge is 2.18. The van der Waals surface area contributed by atoms with Gasteiger partial charge in [-0.1, -0.05) is 0 Å². The zero-order chi connectivity index (χ0) is 11.2. The number of hydrogen-bond acceptors (Lipinski definition) is 3. The van der Waals surface area contributed by atoms with Gasteiger partial charge in [0.05, 0.1) is 27.2 Å². The topological polar surface area (TPSA) is 63.6 Å². The number of likely N-dealkylation sites (N-methyl/N-ethyl adjacent to an activating group) is 1. The van der Waals surface area contributed by atoms with Gasteiger partial charge in [0, 0.05) is 6.42 Å². The lowest BCUT2D eigenvalue weighted by Crippen LogP contribution is -2.44. The SMILES string of the molecule is C[N+](C)(CCCOC(=O)F)CC(=O)O. The van der Waals surface area contributed by atoms with Crippen LogP contribution in [0, 0.1) is 0 Å². The summed E-state index contributed by atoms with van der Waals surface area (Å²) in [6, 6.07) is 0. The minimum atomic E-state index is -1.80. The molecule has 0 saturated heterocycles. The van der Waals surface area contributed by atoms with Crippen molar-refractivity contribution in [2.75, 3.05) is 33.8 Å². The molecule has 0 aliphatic heterocycles. The van der Waals surface area contributed by atoms with E-state index in [1.807, 2.05) is 0 Å². The third kappa shape index (κ3) is 7.48. The Morgan fingerprint density at radius 2 is 2.00 bits per heavy atom. The van der Waals surface area contributed by atoms with Crippen LogP contribution < -0.4 is 0 Å². The summed E-state index contributed by atoms with van der Waals surface area (Å²) in [6.45, 7) is 0.486. The third-order valence-electron chi connectivity index (χ3n) is 1.69. The molecule has 0 saturated carbocycles. The summed E-state index contributed by atoms with van der Waals surface area (Å²) >= 11 is 0. The van der Waals surface area contributed by atoms with Gasteiger partial charge >= 0.3 is 12.2 Å². The van der Waals surface area contributed by atoms with Crippen molar-refractivity contribution in [1.29, 1.82) is 0 Å². The standard InChI is InChI=1S/C8H14FNO4/c1-10(2,6-7(11)12)4-3-5-14-8(9)13/h3-6H2,1-2H3/p+1. The van der Waals surface area contributed by atoms with E-state index in [1.54, 1.807) is 14.1 Å². The monoisotopic (exact) mass is 208 g/mol. The van der Waals surface area contributed by atoms with Crippen molar-refractivity contribution >= 4 is 12.2 Å². The molecule has 0 radical (unpaired) electrons. The van der Waals surface area contributed by atoms with Crippen molar-refractivity contribution in [1.82, 2.24) is 0 Å². The molecule has 0 aromatic carbocycles. The first kappa shape index (κ1) is 12.8. The Kier molecular flexibility index (Phi) is 5.07. The van der Waals surface area contributed by atoms with Gasteiger partial charge < -0.3 is 14.3 Å². The number of carboxylic acid groups (broad SMARTS) is 1. The van der Waals surface area contributed by atoms with Gasteiger partial charge in [0.25, 0.3) is 0 Å². The van der Waals surface area contributed by atoms with Crippen LogP contribution in [0.25, 0.3) is 0 Å². The number of nitrogens with zero attached hydrogens (tertiary/aromatic N) is 1. The predicted octanol–water partition coefficient (Wildman–Crippen LogP) is 0.644. The molecule has 0 bridgehead atoms. The van der Waals surface area contributed by atoms with Crippen molar-refractivity contribution in [2.45, 2.75) is 6.42 Å². The first-order valence-electron chi connectivity index (χ1n) is 4.19.